The predicted molar refractivity (Wildman–Crippen MR) is 159 cm³/mol. The largest absolute Gasteiger partial charge is 0.489 e. The lowest BCUT2D eigenvalue weighted by molar-refractivity contribution is -0.139. The number of thiophene rings is 1. The molecular weight excluding hydrogens is 540 g/mol. The second-order valence-corrected chi connectivity index (χ2v) is 11.3. The number of aromatic nitrogens is 1. The molecule has 0 fully saturated rings. The molecule has 1 atom stereocenters. The number of esters is 1. The van der Waals surface area contributed by atoms with Crippen molar-refractivity contribution in [1.29, 1.82) is 0 Å². The Morgan fingerprint density at radius 3 is 2.70 bits per heavy atom. The number of carbonyl (C=O) groups excluding carboxylic acids is 1. The van der Waals surface area contributed by atoms with Crippen molar-refractivity contribution < 1.29 is 14.3 Å². The minimum atomic E-state index is -0.576. The molecule has 0 amide bonds. The van der Waals surface area contributed by atoms with Gasteiger partial charge in [-0.05, 0) is 65.4 Å². The first-order chi connectivity index (χ1) is 19.5. The maximum Gasteiger partial charge on any atom is 0.338 e. The molecule has 0 aliphatic carbocycles. The van der Waals surface area contributed by atoms with Crippen LogP contribution >= 0.6 is 22.7 Å². The van der Waals surface area contributed by atoms with Crippen molar-refractivity contribution >= 4 is 45.5 Å². The van der Waals surface area contributed by atoms with E-state index in [9.17, 15) is 9.59 Å². The van der Waals surface area contributed by atoms with Crippen LogP contribution in [0.15, 0.2) is 105 Å². The number of ether oxygens (including phenoxy) is 2. The monoisotopic (exact) mass is 566 g/mol. The number of carbonyl (C=O) groups is 1. The third-order valence-electron chi connectivity index (χ3n) is 6.76. The first-order valence-corrected chi connectivity index (χ1v) is 14.7. The van der Waals surface area contributed by atoms with Crippen molar-refractivity contribution in [1.82, 2.24) is 4.57 Å². The fraction of sp³-hybridized carbons (Fsp3) is 0.156. The van der Waals surface area contributed by atoms with Gasteiger partial charge in [0.15, 0.2) is 4.80 Å². The van der Waals surface area contributed by atoms with Crippen LogP contribution < -0.4 is 19.6 Å². The number of fused-ring (bicyclic) bond motifs is 2. The van der Waals surface area contributed by atoms with E-state index in [1.165, 1.54) is 33.4 Å². The molecule has 200 valence electrons. The molecule has 3 aromatic carbocycles. The summed E-state index contributed by atoms with van der Waals surface area (Å²) in [5.74, 6) is 0.263. The Morgan fingerprint density at radius 2 is 1.88 bits per heavy atom. The number of allylic oxidation sites excluding steroid dienone is 1. The van der Waals surface area contributed by atoms with Gasteiger partial charge in [-0.25, -0.2) is 9.79 Å². The molecule has 5 aromatic rings. The van der Waals surface area contributed by atoms with Gasteiger partial charge < -0.3 is 9.47 Å². The smallest absolute Gasteiger partial charge is 0.338 e. The lowest BCUT2D eigenvalue weighted by Crippen LogP contribution is -2.39. The van der Waals surface area contributed by atoms with Crippen molar-refractivity contribution in [3.63, 3.8) is 0 Å². The molecule has 6 rings (SSSR count). The van der Waals surface area contributed by atoms with Gasteiger partial charge in [-0.3, -0.25) is 9.36 Å². The quantitative estimate of drug-likeness (QED) is 0.241. The number of nitrogens with zero attached hydrogens (tertiary/aromatic N) is 2. The molecule has 0 N–H and O–H groups in total. The molecule has 0 unspecified atom stereocenters. The molecule has 0 radical (unpaired) electrons. The molecule has 40 heavy (non-hydrogen) atoms. The molecule has 3 heterocycles. The topological polar surface area (TPSA) is 69.9 Å². The molecule has 1 aliphatic heterocycles. The SMILES string of the molecule is CCOC(=O)C1=C(C)N=c2s/c(=C/c3cccc(OCc4cccc5ccccc45)c3)c(=O)n2[C@@H]1c1cccs1. The van der Waals surface area contributed by atoms with Crippen molar-refractivity contribution in [3.05, 3.63) is 131 Å². The Kier molecular flexibility index (Phi) is 7.19. The highest BCUT2D eigenvalue weighted by molar-refractivity contribution is 7.10. The van der Waals surface area contributed by atoms with Crippen LogP contribution in [-0.4, -0.2) is 17.1 Å². The molecule has 1 aliphatic rings. The van der Waals surface area contributed by atoms with Gasteiger partial charge in [0.25, 0.3) is 5.56 Å². The summed E-state index contributed by atoms with van der Waals surface area (Å²) in [6.45, 7) is 4.24. The Balaban J connectivity index is 1.35. The van der Waals surface area contributed by atoms with Crippen LogP contribution in [0.2, 0.25) is 0 Å². The zero-order chi connectivity index (χ0) is 27.6. The van der Waals surface area contributed by atoms with Crippen LogP contribution in [0.4, 0.5) is 0 Å². The lowest BCUT2D eigenvalue weighted by atomic mass is 10.0. The number of hydrogen-bond acceptors (Lipinski definition) is 7. The highest BCUT2D eigenvalue weighted by Gasteiger charge is 2.33. The van der Waals surface area contributed by atoms with Crippen LogP contribution in [0.1, 0.15) is 35.9 Å². The predicted octanol–water partition coefficient (Wildman–Crippen LogP) is 5.59. The molecule has 0 spiro atoms. The van der Waals surface area contributed by atoms with Crippen LogP contribution in [0.25, 0.3) is 16.8 Å². The van der Waals surface area contributed by atoms with E-state index in [4.69, 9.17) is 9.47 Å². The van der Waals surface area contributed by atoms with Crippen LogP contribution in [-0.2, 0) is 16.1 Å². The molecule has 6 nitrogen and oxygen atoms in total. The summed E-state index contributed by atoms with van der Waals surface area (Å²) in [5.41, 5.74) is 2.71. The first-order valence-electron chi connectivity index (χ1n) is 13.0. The van der Waals surface area contributed by atoms with E-state index in [0.717, 1.165) is 16.0 Å². The molecule has 8 heteroatoms. The second-order valence-electron chi connectivity index (χ2n) is 9.32. The van der Waals surface area contributed by atoms with E-state index in [1.54, 1.807) is 18.4 Å². The van der Waals surface area contributed by atoms with Gasteiger partial charge in [0.1, 0.15) is 18.4 Å². The summed E-state index contributed by atoms with van der Waals surface area (Å²) in [7, 11) is 0. The number of rotatable bonds is 7. The first kappa shape index (κ1) is 26.0. The fourth-order valence-corrected chi connectivity index (χ4v) is 6.80. The van der Waals surface area contributed by atoms with Gasteiger partial charge in [-0.15, -0.1) is 11.3 Å². The molecule has 0 saturated carbocycles. The van der Waals surface area contributed by atoms with Gasteiger partial charge in [0, 0.05) is 4.88 Å². The van der Waals surface area contributed by atoms with E-state index >= 15 is 0 Å². The Morgan fingerprint density at radius 1 is 1.05 bits per heavy atom. The summed E-state index contributed by atoms with van der Waals surface area (Å²) >= 11 is 2.81. The maximum atomic E-state index is 13.8. The standard InChI is InChI=1S/C32H26N2O4S2/c1-3-37-31(36)28-20(2)33-32-34(29(28)26-15-8-16-39-26)30(35)27(40-32)18-21-9-6-13-24(17-21)38-19-23-12-7-11-22-10-4-5-14-25(22)23/h4-18,29H,3,19H2,1-2H3/b27-18+/t29-/m1/s1. The van der Waals surface area contributed by atoms with E-state index in [2.05, 4.69) is 29.3 Å². The average molecular weight is 567 g/mol. The molecule has 0 saturated heterocycles. The van der Waals surface area contributed by atoms with Gasteiger partial charge in [-0.2, -0.15) is 0 Å². The zero-order valence-electron chi connectivity index (χ0n) is 22.0. The van der Waals surface area contributed by atoms with Gasteiger partial charge >= 0.3 is 5.97 Å². The molecule has 2 aromatic heterocycles. The van der Waals surface area contributed by atoms with E-state index < -0.39 is 12.0 Å². The normalized spacial score (nSPS) is 15.2. The van der Waals surface area contributed by atoms with Gasteiger partial charge in [0.05, 0.1) is 22.4 Å². The second kappa shape index (κ2) is 11.1. The van der Waals surface area contributed by atoms with Crippen molar-refractivity contribution in [3.8, 4) is 5.75 Å². The molecule has 0 bridgehead atoms. The highest BCUT2D eigenvalue weighted by atomic mass is 32.1. The Labute approximate surface area is 238 Å². The maximum absolute atomic E-state index is 13.8. The Hall–Kier alpha value is -4.27. The van der Waals surface area contributed by atoms with E-state index in [1.807, 2.05) is 66.1 Å². The summed E-state index contributed by atoms with van der Waals surface area (Å²) in [6, 6.07) is 25.4. The third-order valence-corrected chi connectivity index (χ3v) is 8.67. The highest BCUT2D eigenvalue weighted by Crippen LogP contribution is 2.33. The number of hydrogen-bond donors (Lipinski definition) is 0. The van der Waals surface area contributed by atoms with Gasteiger partial charge in [-0.1, -0.05) is 72.0 Å². The van der Waals surface area contributed by atoms with Crippen LogP contribution in [0.5, 0.6) is 5.75 Å². The number of thiazole rings is 1. The third kappa shape index (κ3) is 4.92. The van der Waals surface area contributed by atoms with E-state index in [-0.39, 0.29) is 12.2 Å². The fourth-order valence-electron chi connectivity index (χ4n) is 4.93. The Bertz CT molecular complexity index is 1930. The van der Waals surface area contributed by atoms with E-state index in [0.29, 0.717) is 33.0 Å². The summed E-state index contributed by atoms with van der Waals surface area (Å²) in [4.78, 5) is 32.8. The van der Waals surface area contributed by atoms with Crippen molar-refractivity contribution in [2.75, 3.05) is 6.61 Å². The zero-order valence-corrected chi connectivity index (χ0v) is 23.6. The summed E-state index contributed by atoms with van der Waals surface area (Å²) in [5, 5.41) is 4.28. The van der Waals surface area contributed by atoms with Crippen molar-refractivity contribution in [2.24, 2.45) is 4.99 Å². The number of benzene rings is 3. The lowest BCUT2D eigenvalue weighted by Gasteiger charge is -2.23. The van der Waals surface area contributed by atoms with Crippen molar-refractivity contribution in [2.45, 2.75) is 26.5 Å². The van der Waals surface area contributed by atoms with Crippen LogP contribution in [0.3, 0.4) is 0 Å². The average Bonchev–Trinajstić information content (AvgIpc) is 3.60. The minimum Gasteiger partial charge on any atom is -0.489 e. The molecular formula is C32H26N2O4S2. The van der Waals surface area contributed by atoms with Crippen LogP contribution in [0, 0.1) is 0 Å². The van der Waals surface area contributed by atoms with Gasteiger partial charge in [0.2, 0.25) is 0 Å². The summed E-state index contributed by atoms with van der Waals surface area (Å²) < 4.78 is 13.6. The summed E-state index contributed by atoms with van der Waals surface area (Å²) in [6.07, 6.45) is 1.85. The minimum absolute atomic E-state index is 0.196.